The second kappa shape index (κ2) is 19.8. The third kappa shape index (κ3) is 8.97. The summed E-state index contributed by atoms with van der Waals surface area (Å²) in [7, 11) is 0. The molecule has 13 rings (SSSR count). The second-order valence-corrected chi connectivity index (χ2v) is 18.7. The maximum Gasteiger partial charge on any atom is 0.254 e. The van der Waals surface area contributed by atoms with E-state index >= 15 is 35.1 Å². The average molecular weight is 1070 g/mol. The van der Waals surface area contributed by atoms with Crippen LogP contribution in [-0.2, 0) is 0 Å². The Labute approximate surface area is 448 Å². The van der Waals surface area contributed by atoms with E-state index in [1.54, 1.807) is 48.5 Å². The Morgan fingerprint density at radius 1 is 0.287 bits per heavy atom. The van der Waals surface area contributed by atoms with Crippen LogP contribution in [0.1, 0.15) is 33.8 Å². The number of fused-ring (bicyclic) bond motifs is 8. The number of aromatic amines is 2. The molecule has 0 atom stereocenters. The molecule has 8 bridgehead atoms. The summed E-state index contributed by atoms with van der Waals surface area (Å²) < 4.78 is 128. The quantitative estimate of drug-likeness (QED) is 0.147. The van der Waals surface area contributed by atoms with E-state index in [4.69, 9.17) is 19.9 Å². The Morgan fingerprint density at radius 2 is 0.625 bits per heavy atom. The molecular formula is C64H34F8N8. The number of rotatable bonds is 8. The molecule has 2 aliphatic rings. The highest BCUT2D eigenvalue weighted by Crippen LogP contribution is 2.51. The number of nitrogens with zero attached hydrogens (tertiary/aromatic N) is 6. The predicted octanol–water partition coefficient (Wildman–Crippen LogP) is 16.1. The zero-order valence-corrected chi connectivity index (χ0v) is 41.2. The highest BCUT2D eigenvalue weighted by atomic mass is 19.2. The number of aliphatic imine (C=N–C) groups is 1. The third-order valence-corrected chi connectivity index (χ3v) is 13.6. The molecule has 0 saturated carbocycles. The normalized spacial score (nSPS) is 12.3. The topological polar surface area (TPSA) is 108 Å². The van der Waals surface area contributed by atoms with Gasteiger partial charge in [-0.25, -0.2) is 50.1 Å². The molecule has 8 nitrogen and oxygen atoms in total. The van der Waals surface area contributed by atoms with Crippen LogP contribution in [0.4, 0.5) is 41.1 Å². The van der Waals surface area contributed by atoms with Crippen LogP contribution in [0.25, 0.3) is 89.2 Å². The number of aromatic nitrogens is 7. The first-order valence-electron chi connectivity index (χ1n) is 24.8. The lowest BCUT2D eigenvalue weighted by Gasteiger charge is -2.15. The number of hydrogen-bond acceptors (Lipinski definition) is 6. The van der Waals surface area contributed by atoms with E-state index in [0.717, 1.165) is 0 Å². The molecular weight excluding hydrogens is 1030 g/mol. The van der Waals surface area contributed by atoms with Crippen LogP contribution in [0.3, 0.4) is 0 Å². The standard InChI is InChI=1S/C64H34F8N8/c65-41-17-1-9-33(25-41)49-50(34-10-2-18-42(66)26-34)59-54(38-14-6-22-46(70)30-38)61-56(40-16-8-24-48(72)32-40)75-63(76-61)78-64-77-62(79-80-64)55(39-15-7-23-47(71)31-39)60-52(36-12-4-20-44(68)28-36)51(35-11-3-19-43(67)27-35)58(74-60)53(57(49)73-59)37-13-5-21-45(69)29-37/h1-32,73H,(H,75,76,77,78,79,80). The average Bonchev–Trinajstić information content (AvgIpc) is 4.38. The van der Waals surface area contributed by atoms with Crippen molar-refractivity contribution in [2.75, 3.05) is 0 Å². The lowest BCUT2D eigenvalue weighted by atomic mass is 9.87. The first-order valence-corrected chi connectivity index (χ1v) is 24.8. The molecule has 0 saturated heterocycles. The van der Waals surface area contributed by atoms with Gasteiger partial charge in [0.2, 0.25) is 0 Å². The first-order chi connectivity index (χ1) is 38.9. The van der Waals surface area contributed by atoms with Crippen molar-refractivity contribution in [2.45, 2.75) is 0 Å². The molecule has 0 amide bonds. The van der Waals surface area contributed by atoms with Gasteiger partial charge in [0.05, 0.1) is 28.0 Å². The Morgan fingerprint density at radius 3 is 1.05 bits per heavy atom. The minimum absolute atomic E-state index is 0.00934. The minimum Gasteiger partial charge on any atom is -0.353 e. The van der Waals surface area contributed by atoms with Crippen LogP contribution < -0.4 is 0 Å². The molecule has 11 aromatic rings. The van der Waals surface area contributed by atoms with E-state index in [9.17, 15) is 0 Å². The third-order valence-electron chi connectivity index (χ3n) is 13.6. The highest BCUT2D eigenvalue weighted by Gasteiger charge is 2.34. The second-order valence-electron chi connectivity index (χ2n) is 18.7. The summed E-state index contributed by atoms with van der Waals surface area (Å²) in [5.74, 6) is -5.88. The van der Waals surface area contributed by atoms with Crippen molar-refractivity contribution in [3.8, 4) is 55.6 Å². The van der Waals surface area contributed by atoms with Crippen LogP contribution in [0, 0.1) is 46.5 Å². The van der Waals surface area contributed by atoms with Crippen molar-refractivity contribution >= 4 is 45.3 Å². The fourth-order valence-electron chi connectivity index (χ4n) is 10.4. The largest absolute Gasteiger partial charge is 0.353 e. The number of nitrogens with one attached hydrogen (secondary N) is 2. The summed E-state index contributed by atoms with van der Waals surface area (Å²) in [6.45, 7) is 0. The number of halogens is 8. The van der Waals surface area contributed by atoms with E-state index in [0.29, 0.717) is 0 Å². The van der Waals surface area contributed by atoms with Crippen molar-refractivity contribution < 1.29 is 35.1 Å². The van der Waals surface area contributed by atoms with Crippen LogP contribution in [0.2, 0.25) is 0 Å². The molecule has 2 N–H and O–H groups in total. The van der Waals surface area contributed by atoms with Crippen molar-refractivity contribution in [3.63, 3.8) is 0 Å². The van der Waals surface area contributed by atoms with Gasteiger partial charge >= 0.3 is 0 Å². The monoisotopic (exact) mass is 1070 g/mol. The molecule has 0 spiro atoms. The van der Waals surface area contributed by atoms with Gasteiger partial charge in [-0.15, -0.1) is 10.2 Å². The fraction of sp³-hybridized carbons (Fsp3) is 0. The maximum absolute atomic E-state index is 16.3. The summed E-state index contributed by atoms with van der Waals surface area (Å²) >= 11 is 0. The summed E-state index contributed by atoms with van der Waals surface area (Å²) in [6, 6.07) is 44.2. The van der Waals surface area contributed by atoms with E-state index < -0.39 is 46.5 Å². The van der Waals surface area contributed by atoms with Crippen LogP contribution in [0.5, 0.6) is 0 Å². The molecule has 3 aromatic heterocycles. The van der Waals surface area contributed by atoms with Crippen LogP contribution in [0.15, 0.2) is 199 Å². The Bertz CT molecular complexity index is 4620. The fourth-order valence-corrected chi connectivity index (χ4v) is 10.4. The lowest BCUT2D eigenvalue weighted by molar-refractivity contribution is 0.627. The van der Waals surface area contributed by atoms with Gasteiger partial charge < -0.3 is 9.97 Å². The van der Waals surface area contributed by atoms with Gasteiger partial charge in [0, 0.05) is 39.0 Å². The van der Waals surface area contributed by atoms with Crippen molar-refractivity contribution in [1.82, 2.24) is 35.1 Å². The molecule has 2 aliphatic heterocycles. The summed E-state index contributed by atoms with van der Waals surface area (Å²) in [5, 5.41) is 8.90. The van der Waals surface area contributed by atoms with Crippen molar-refractivity contribution in [3.05, 3.63) is 274 Å². The zero-order chi connectivity index (χ0) is 54.8. The van der Waals surface area contributed by atoms with Gasteiger partial charge in [-0.3, -0.25) is 0 Å². The Kier molecular flexibility index (Phi) is 12.2. The Balaban J connectivity index is 1.39. The predicted molar refractivity (Wildman–Crippen MR) is 291 cm³/mol. The van der Waals surface area contributed by atoms with E-state index in [1.165, 1.54) is 146 Å². The van der Waals surface area contributed by atoms with Gasteiger partial charge in [-0.05, 0) is 136 Å². The minimum atomic E-state index is -0.715. The molecule has 0 unspecified atom stereocenters. The molecule has 0 fully saturated rings. The highest BCUT2D eigenvalue weighted by molar-refractivity contribution is 6.22. The van der Waals surface area contributed by atoms with Crippen LogP contribution >= 0.6 is 0 Å². The molecule has 386 valence electrons. The molecule has 0 radical (unpaired) electrons. The van der Waals surface area contributed by atoms with E-state index in [1.807, 2.05) is 0 Å². The van der Waals surface area contributed by atoms with Gasteiger partial charge in [0.1, 0.15) is 57.9 Å². The van der Waals surface area contributed by atoms with E-state index in [-0.39, 0.29) is 135 Å². The smallest absolute Gasteiger partial charge is 0.254 e. The van der Waals surface area contributed by atoms with Gasteiger partial charge in [0.15, 0.2) is 5.65 Å². The van der Waals surface area contributed by atoms with Gasteiger partial charge in [-0.2, -0.15) is 4.98 Å². The lowest BCUT2D eigenvalue weighted by Crippen LogP contribution is -2.04. The Hall–Kier alpha value is -10.5. The number of H-pyrrole nitrogens is 2. The zero-order valence-electron chi connectivity index (χ0n) is 41.2. The number of hydrogen-bond donors (Lipinski definition) is 2. The molecule has 8 aromatic carbocycles. The van der Waals surface area contributed by atoms with Gasteiger partial charge in [-0.1, -0.05) is 97.1 Å². The molecule has 5 heterocycles. The summed E-state index contributed by atoms with van der Waals surface area (Å²) in [4.78, 5) is 26.7. The molecule has 0 aliphatic carbocycles. The first kappa shape index (κ1) is 49.1. The van der Waals surface area contributed by atoms with Gasteiger partial charge in [0.25, 0.3) is 11.7 Å². The van der Waals surface area contributed by atoms with E-state index in [2.05, 4.69) is 20.2 Å². The molecule has 80 heavy (non-hydrogen) atoms. The summed E-state index contributed by atoms with van der Waals surface area (Å²) in [6.07, 6.45) is 0. The maximum atomic E-state index is 16.3. The van der Waals surface area contributed by atoms with Crippen molar-refractivity contribution in [2.24, 2.45) is 4.99 Å². The van der Waals surface area contributed by atoms with Crippen molar-refractivity contribution in [1.29, 1.82) is 0 Å². The molecule has 16 heteroatoms. The SMILES string of the molecule is Fc1cccc(C2=Nc3nc2c(-c2cccc(F)c2)c2[nH]c(c(-c4cccc(F)c4)c4nc(c(-c5cccc(F)c5)c5nnc(n3)[nH]5)C(c3cccc(F)c3)=C4c3cccc(F)c3)c(-c3cccc(F)c3)c2-c2cccc(F)c2)c1. The number of benzene rings is 8. The van der Waals surface area contributed by atoms with Crippen LogP contribution in [-0.4, -0.2) is 40.8 Å². The summed E-state index contributed by atoms with van der Waals surface area (Å²) in [5.41, 5.74) is 2.45.